The lowest BCUT2D eigenvalue weighted by atomic mass is 9.99. The fourth-order valence-electron chi connectivity index (χ4n) is 4.12. The molecule has 2 aromatic carbocycles. The van der Waals surface area contributed by atoms with Crippen molar-refractivity contribution in [2.75, 3.05) is 18.0 Å². The largest absolute Gasteiger partial charge is 0.481 e. The number of amides is 1. The number of nitrogens with one attached hydrogen (secondary N) is 1. The Kier molecular flexibility index (Phi) is 7.41. The lowest BCUT2D eigenvalue weighted by molar-refractivity contribution is -0.127. The molecule has 4 heteroatoms. The van der Waals surface area contributed by atoms with Crippen LogP contribution in [0.15, 0.2) is 48.5 Å². The molecule has 3 atom stereocenters. The van der Waals surface area contributed by atoms with Crippen LogP contribution in [0, 0.1) is 5.92 Å². The van der Waals surface area contributed by atoms with Crippen LogP contribution < -0.4 is 15.0 Å². The van der Waals surface area contributed by atoms with Gasteiger partial charge in [-0.1, -0.05) is 51.1 Å². The first-order valence-electron chi connectivity index (χ1n) is 11.3. The second-order valence-corrected chi connectivity index (χ2v) is 8.97. The number of hydrogen-bond donors (Lipinski definition) is 1. The molecule has 1 fully saturated rings. The van der Waals surface area contributed by atoms with Gasteiger partial charge in [0.15, 0.2) is 6.10 Å². The van der Waals surface area contributed by atoms with E-state index in [1.54, 1.807) is 6.92 Å². The highest BCUT2D eigenvalue weighted by atomic mass is 16.5. The third-order valence-corrected chi connectivity index (χ3v) is 5.99. The average Bonchev–Trinajstić information content (AvgIpc) is 2.74. The van der Waals surface area contributed by atoms with E-state index in [1.165, 1.54) is 18.5 Å². The third kappa shape index (κ3) is 5.56. The number of para-hydroxylation sites is 1. The average molecular weight is 409 g/mol. The third-order valence-electron chi connectivity index (χ3n) is 5.99. The van der Waals surface area contributed by atoms with E-state index in [1.807, 2.05) is 25.1 Å². The normalized spacial score (nSPS) is 18.7. The molecule has 1 aliphatic heterocycles. The van der Waals surface area contributed by atoms with Crippen molar-refractivity contribution in [3.8, 4) is 5.75 Å². The zero-order chi connectivity index (χ0) is 21.7. The molecule has 1 aliphatic rings. The summed E-state index contributed by atoms with van der Waals surface area (Å²) in [6.07, 6.45) is 2.02. The van der Waals surface area contributed by atoms with E-state index >= 15 is 0 Å². The lowest BCUT2D eigenvalue weighted by Gasteiger charge is -2.33. The van der Waals surface area contributed by atoms with Crippen LogP contribution in [0.1, 0.15) is 70.5 Å². The van der Waals surface area contributed by atoms with E-state index in [9.17, 15) is 4.79 Å². The van der Waals surface area contributed by atoms with Crippen LogP contribution in [0.2, 0.25) is 0 Å². The second-order valence-electron chi connectivity index (χ2n) is 8.97. The molecule has 0 aromatic heterocycles. The van der Waals surface area contributed by atoms with Crippen molar-refractivity contribution in [1.82, 2.24) is 5.32 Å². The number of carbonyl (C=O) groups excluding carboxylic acids is 1. The van der Waals surface area contributed by atoms with Crippen LogP contribution in [-0.4, -0.2) is 25.1 Å². The Morgan fingerprint density at radius 2 is 1.77 bits per heavy atom. The van der Waals surface area contributed by atoms with Crippen LogP contribution in [0.5, 0.6) is 5.75 Å². The Morgan fingerprint density at radius 3 is 2.43 bits per heavy atom. The van der Waals surface area contributed by atoms with E-state index in [-0.39, 0.29) is 11.9 Å². The first-order chi connectivity index (χ1) is 14.3. The molecule has 1 N–H and O–H groups in total. The summed E-state index contributed by atoms with van der Waals surface area (Å²) in [5.74, 6) is 1.77. The molecule has 2 aromatic rings. The maximum absolute atomic E-state index is 12.7. The van der Waals surface area contributed by atoms with Gasteiger partial charge >= 0.3 is 0 Å². The maximum Gasteiger partial charge on any atom is 0.261 e. The van der Waals surface area contributed by atoms with Crippen molar-refractivity contribution in [3.05, 3.63) is 59.7 Å². The van der Waals surface area contributed by atoms with Gasteiger partial charge in [-0.25, -0.2) is 0 Å². The van der Waals surface area contributed by atoms with Gasteiger partial charge in [-0.05, 0) is 67.9 Å². The van der Waals surface area contributed by atoms with Crippen LogP contribution in [-0.2, 0) is 4.79 Å². The zero-order valence-corrected chi connectivity index (χ0v) is 19.0. The lowest BCUT2D eigenvalue weighted by Crippen LogP contribution is -2.38. The predicted octanol–water partition coefficient (Wildman–Crippen LogP) is 5.69. The molecule has 1 saturated heterocycles. The first kappa shape index (κ1) is 22.2. The van der Waals surface area contributed by atoms with Gasteiger partial charge < -0.3 is 15.0 Å². The molecule has 0 radical (unpaired) electrons. The molecule has 30 heavy (non-hydrogen) atoms. The minimum Gasteiger partial charge on any atom is -0.481 e. The Hall–Kier alpha value is -2.49. The number of anilines is 1. The summed E-state index contributed by atoms with van der Waals surface area (Å²) in [5, 5.41) is 3.09. The van der Waals surface area contributed by atoms with E-state index in [0.717, 1.165) is 35.9 Å². The highest BCUT2D eigenvalue weighted by Gasteiger charge is 2.20. The second kappa shape index (κ2) is 10.0. The molecule has 3 rings (SSSR count). The van der Waals surface area contributed by atoms with Crippen LogP contribution in [0.25, 0.3) is 0 Å². The Morgan fingerprint density at radius 1 is 1.07 bits per heavy atom. The van der Waals surface area contributed by atoms with Gasteiger partial charge in [0.1, 0.15) is 5.75 Å². The molecular formula is C26H36N2O2. The molecule has 162 valence electrons. The quantitative estimate of drug-likeness (QED) is 0.640. The number of nitrogens with zero attached hydrogens (tertiary/aromatic N) is 1. The number of piperidine rings is 1. The summed E-state index contributed by atoms with van der Waals surface area (Å²) in [6, 6.07) is 16.5. The molecular weight excluding hydrogens is 372 g/mol. The van der Waals surface area contributed by atoms with Crippen molar-refractivity contribution >= 4 is 11.6 Å². The Bertz CT molecular complexity index is 831. The van der Waals surface area contributed by atoms with Crippen molar-refractivity contribution < 1.29 is 9.53 Å². The number of carbonyl (C=O) groups is 1. The van der Waals surface area contributed by atoms with Gasteiger partial charge in [0.25, 0.3) is 5.91 Å². The van der Waals surface area contributed by atoms with Gasteiger partial charge in [-0.2, -0.15) is 0 Å². The molecule has 0 saturated carbocycles. The molecule has 0 aliphatic carbocycles. The Labute approximate surface area is 181 Å². The smallest absolute Gasteiger partial charge is 0.261 e. The topological polar surface area (TPSA) is 41.6 Å². The maximum atomic E-state index is 12.7. The molecule has 4 nitrogen and oxygen atoms in total. The molecule has 0 bridgehead atoms. The fourth-order valence-corrected chi connectivity index (χ4v) is 4.12. The summed E-state index contributed by atoms with van der Waals surface area (Å²) in [7, 11) is 0. The summed E-state index contributed by atoms with van der Waals surface area (Å²) in [6.45, 7) is 12.7. The van der Waals surface area contributed by atoms with Gasteiger partial charge in [-0.3, -0.25) is 4.79 Å². The summed E-state index contributed by atoms with van der Waals surface area (Å²) in [4.78, 5) is 15.2. The van der Waals surface area contributed by atoms with Crippen molar-refractivity contribution in [1.29, 1.82) is 0 Å². The molecule has 1 heterocycles. The van der Waals surface area contributed by atoms with Crippen molar-refractivity contribution in [2.24, 2.45) is 5.92 Å². The number of hydrogen-bond acceptors (Lipinski definition) is 3. The summed E-state index contributed by atoms with van der Waals surface area (Å²) in [5.41, 5.74) is 3.49. The highest BCUT2D eigenvalue weighted by molar-refractivity contribution is 5.81. The van der Waals surface area contributed by atoms with Crippen molar-refractivity contribution in [3.63, 3.8) is 0 Å². The minimum absolute atomic E-state index is 0.0711. The fraction of sp³-hybridized carbons (Fsp3) is 0.500. The molecule has 0 spiro atoms. The monoisotopic (exact) mass is 408 g/mol. The van der Waals surface area contributed by atoms with Gasteiger partial charge in [0.05, 0.1) is 6.04 Å². The van der Waals surface area contributed by atoms with Crippen LogP contribution >= 0.6 is 0 Å². The van der Waals surface area contributed by atoms with Crippen LogP contribution in [0.3, 0.4) is 0 Å². The molecule has 3 unspecified atom stereocenters. The Balaban J connectivity index is 1.58. The van der Waals surface area contributed by atoms with Gasteiger partial charge in [0.2, 0.25) is 0 Å². The van der Waals surface area contributed by atoms with Gasteiger partial charge in [0, 0.05) is 18.8 Å². The summed E-state index contributed by atoms with van der Waals surface area (Å²) >= 11 is 0. The number of rotatable bonds is 7. The minimum atomic E-state index is -0.554. The zero-order valence-electron chi connectivity index (χ0n) is 19.0. The van der Waals surface area contributed by atoms with Crippen LogP contribution in [0.4, 0.5) is 5.69 Å². The van der Waals surface area contributed by atoms with E-state index in [2.05, 4.69) is 61.3 Å². The first-order valence-corrected chi connectivity index (χ1v) is 11.3. The number of benzene rings is 2. The standard InChI is InChI=1S/C26H36N2O2/c1-18(2)24-10-6-7-11-25(24)30-21(5)26(29)27-20(4)22-12-14-23(15-13-22)28-16-8-9-19(3)17-28/h6-7,10-15,18-21H,8-9,16-17H2,1-5H3,(H,27,29). The van der Waals surface area contributed by atoms with E-state index < -0.39 is 6.10 Å². The SMILES string of the molecule is CC1CCCN(c2ccc(C(C)NC(=O)C(C)Oc3ccccc3C(C)C)cc2)C1. The molecule has 1 amide bonds. The van der Waals surface area contributed by atoms with Crippen molar-refractivity contribution in [2.45, 2.75) is 65.5 Å². The van der Waals surface area contributed by atoms with Gasteiger partial charge in [-0.15, -0.1) is 0 Å². The predicted molar refractivity (Wildman–Crippen MR) is 124 cm³/mol. The van der Waals surface area contributed by atoms with E-state index in [4.69, 9.17) is 4.74 Å². The highest BCUT2D eigenvalue weighted by Crippen LogP contribution is 2.27. The van der Waals surface area contributed by atoms with E-state index in [0.29, 0.717) is 5.92 Å². The number of ether oxygens (including phenoxy) is 1. The summed E-state index contributed by atoms with van der Waals surface area (Å²) < 4.78 is 6.00.